The number of amides is 1. The van der Waals surface area contributed by atoms with Crippen molar-refractivity contribution in [3.8, 4) is 34.5 Å². The number of benzene rings is 3. The summed E-state index contributed by atoms with van der Waals surface area (Å²) in [5, 5.41) is 14.2. The van der Waals surface area contributed by atoms with Crippen molar-refractivity contribution in [1.29, 1.82) is 0 Å². The van der Waals surface area contributed by atoms with Crippen LogP contribution in [0.3, 0.4) is 0 Å². The van der Waals surface area contributed by atoms with Gasteiger partial charge >= 0.3 is 11.8 Å². The van der Waals surface area contributed by atoms with Gasteiger partial charge in [-0.15, -0.1) is 0 Å². The van der Waals surface area contributed by atoms with Gasteiger partial charge in [0.1, 0.15) is 58.7 Å². The first-order valence-electron chi connectivity index (χ1n) is 21.8. The number of allylic oxidation sites excluding steroid dienone is 3. The zero-order valence-electron chi connectivity index (χ0n) is 37.4. The number of carbonyl (C=O) groups excluding carboxylic acids is 3. The third-order valence-electron chi connectivity index (χ3n) is 12.5. The Hall–Kier alpha value is -5.97. The van der Waals surface area contributed by atoms with E-state index in [1.165, 1.54) is 33.3 Å². The number of rotatable bonds is 6. The van der Waals surface area contributed by atoms with E-state index in [2.05, 4.69) is 24.1 Å². The summed E-state index contributed by atoms with van der Waals surface area (Å²) in [5.74, 6) is -4.37. The normalized spacial score (nSPS) is 28.4. The number of anilines is 1. The number of ketones is 1. The number of aromatic nitrogens is 1. The number of nitrogens with zero attached hydrogens (tertiary/aromatic N) is 2. The molecule has 64 heavy (non-hydrogen) atoms. The quantitative estimate of drug-likeness (QED) is 0.116. The van der Waals surface area contributed by atoms with Crippen molar-refractivity contribution in [2.75, 3.05) is 51.9 Å². The largest absolute Gasteiger partial charge is 0.505 e. The Morgan fingerprint density at radius 3 is 2.55 bits per heavy atom. The van der Waals surface area contributed by atoms with Crippen molar-refractivity contribution in [3.63, 3.8) is 0 Å². The maximum absolute atomic E-state index is 15.5. The fourth-order valence-electron chi connectivity index (χ4n) is 9.18. The van der Waals surface area contributed by atoms with Crippen LogP contribution in [0.5, 0.6) is 23.0 Å². The van der Waals surface area contributed by atoms with Gasteiger partial charge in [0.15, 0.2) is 11.3 Å². The second-order valence-corrected chi connectivity index (χ2v) is 17.5. The van der Waals surface area contributed by atoms with Crippen LogP contribution in [-0.4, -0.2) is 103 Å². The number of ether oxygens (including phenoxy) is 7. The number of phenols is 1. The topological polar surface area (TPSA) is 194 Å². The average Bonchev–Trinajstić information content (AvgIpc) is 3.52. The number of morpholine rings is 1. The highest BCUT2D eigenvalue weighted by molar-refractivity contribution is 6.22. The Labute approximate surface area is 370 Å². The van der Waals surface area contributed by atoms with Gasteiger partial charge in [-0.3, -0.25) is 24.1 Å². The summed E-state index contributed by atoms with van der Waals surface area (Å²) in [6, 6.07) is 2.96. The van der Waals surface area contributed by atoms with E-state index < -0.39 is 53.1 Å². The van der Waals surface area contributed by atoms with Crippen molar-refractivity contribution < 1.29 is 57.1 Å². The van der Waals surface area contributed by atoms with Crippen LogP contribution >= 0.6 is 0 Å². The lowest BCUT2D eigenvalue weighted by Crippen LogP contribution is -2.45. The Morgan fingerprint density at radius 2 is 1.81 bits per heavy atom. The third kappa shape index (κ3) is 8.41. The fraction of sp³-hybridized carbons (Fsp3) is 0.479. The predicted molar refractivity (Wildman–Crippen MR) is 236 cm³/mol. The first-order valence-corrected chi connectivity index (χ1v) is 21.8. The summed E-state index contributed by atoms with van der Waals surface area (Å²) < 4.78 is 49.7. The van der Waals surface area contributed by atoms with Gasteiger partial charge in [-0.05, 0) is 44.6 Å². The van der Waals surface area contributed by atoms with E-state index in [0.717, 1.165) is 13.1 Å². The molecule has 6 bridgehead atoms. The molecule has 0 spiro atoms. The Bertz CT molecular complexity index is 2630. The van der Waals surface area contributed by atoms with E-state index >= 15 is 4.79 Å². The summed E-state index contributed by atoms with van der Waals surface area (Å²) in [4.78, 5) is 64.5. The molecule has 5 heterocycles. The molecule has 6 aliphatic rings. The van der Waals surface area contributed by atoms with Crippen LogP contribution in [0.15, 0.2) is 57.5 Å². The summed E-state index contributed by atoms with van der Waals surface area (Å²) in [7, 11) is 1.51. The first kappa shape index (κ1) is 44.6. The van der Waals surface area contributed by atoms with Gasteiger partial charge < -0.3 is 48.0 Å². The Balaban J connectivity index is 1.43. The molecule has 1 aliphatic carbocycles. The van der Waals surface area contributed by atoms with Crippen LogP contribution < -0.4 is 25.0 Å². The fourth-order valence-corrected chi connectivity index (χ4v) is 9.18. The smallest absolute Gasteiger partial charge is 0.312 e. The molecular formula is C48H55N3O13. The minimum Gasteiger partial charge on any atom is -0.505 e. The molecule has 2 aromatic rings. The van der Waals surface area contributed by atoms with Gasteiger partial charge in [0, 0.05) is 75.2 Å². The lowest BCUT2D eigenvalue weighted by molar-refractivity contribution is -0.159. The maximum atomic E-state index is 15.5. The van der Waals surface area contributed by atoms with Crippen LogP contribution in [0.2, 0.25) is 0 Å². The minimum absolute atomic E-state index is 0.00793. The number of methoxy groups -OCH3 is 1. The van der Waals surface area contributed by atoms with Crippen LogP contribution in [0.25, 0.3) is 33.3 Å². The summed E-state index contributed by atoms with van der Waals surface area (Å²) >= 11 is 0. The SMILES string of the molecule is CO[C@H]1/C=C/O[C@@]2(C)Oc3c(C)c4c5c(=O)c(c6oc7cc(OCCN8CCOCC8)cc(O)c7nc-6c5c3C2=O)NC(=O)/C(C)=C\C=C\C(C)C[C@@H](C)CC(O4)C(OC(C)=O)[C@@H]1C. The molecule has 1 amide bonds. The number of phenolic OH excluding ortho intramolecular Hbond substituents is 1. The van der Waals surface area contributed by atoms with Crippen LogP contribution in [0.1, 0.15) is 70.3 Å². The highest BCUT2D eigenvalue weighted by atomic mass is 16.7. The molecule has 2 aromatic carbocycles. The molecule has 3 unspecified atom stereocenters. The van der Waals surface area contributed by atoms with Crippen molar-refractivity contribution >= 4 is 45.2 Å². The molecule has 5 aliphatic heterocycles. The molecule has 1 fully saturated rings. The average molecular weight is 882 g/mol. The first-order chi connectivity index (χ1) is 30.6. The zero-order chi connectivity index (χ0) is 45.6. The van der Waals surface area contributed by atoms with Crippen LogP contribution in [0.4, 0.5) is 5.69 Å². The zero-order valence-corrected chi connectivity index (χ0v) is 37.4. The van der Waals surface area contributed by atoms with Crippen LogP contribution in [-0.2, 0) is 28.5 Å². The molecule has 16 nitrogen and oxygen atoms in total. The number of aromatic hydroxyl groups is 1. The predicted octanol–water partition coefficient (Wildman–Crippen LogP) is 6.84. The molecule has 7 atom stereocenters. The molecule has 0 radical (unpaired) electrons. The van der Waals surface area contributed by atoms with E-state index in [9.17, 15) is 19.5 Å². The standard InChI is InChI=1S/C48H55N3O13/c1-24-10-9-11-26(3)47(56)50-40-41(54)36-35(39-45(40)62-33-23-30(22-31(53)38(33)49-39)59-19-15-51-13-17-58-18-14-51)37-44-28(5)43(36)63-34(21-25(2)20-24)42(61-29(6)52)27(4)32(57-8)12-16-60-48(7,64-44)46(37)55/h9-12,16,22-25,27,32,34,42,53H,13-15,17-21H2,1-8H3,(H,50,56)/b10-9+,16-12+,26-11-/t24?,25-,27-,32+,34?,42?,48+/m1/s1. The summed E-state index contributed by atoms with van der Waals surface area (Å²) in [6.07, 6.45) is 6.93. The second kappa shape index (κ2) is 17.9. The third-order valence-corrected chi connectivity index (χ3v) is 12.5. The monoisotopic (exact) mass is 881 g/mol. The molecule has 0 saturated carbocycles. The van der Waals surface area contributed by atoms with Gasteiger partial charge in [-0.25, -0.2) is 4.98 Å². The number of carbonyl (C=O) groups is 3. The van der Waals surface area contributed by atoms with E-state index in [0.29, 0.717) is 44.8 Å². The molecule has 8 rings (SSSR count). The highest BCUT2D eigenvalue weighted by Gasteiger charge is 2.51. The number of nitrogens with one attached hydrogen (secondary N) is 1. The van der Waals surface area contributed by atoms with E-state index in [4.69, 9.17) is 42.6 Å². The van der Waals surface area contributed by atoms with Gasteiger partial charge in [0.05, 0.1) is 36.5 Å². The van der Waals surface area contributed by atoms with Gasteiger partial charge in [-0.2, -0.15) is 0 Å². The number of hydrogen-bond donors (Lipinski definition) is 2. The van der Waals surface area contributed by atoms with Gasteiger partial charge in [-0.1, -0.05) is 39.0 Å². The van der Waals surface area contributed by atoms with Crippen molar-refractivity contribution in [2.45, 2.75) is 85.4 Å². The van der Waals surface area contributed by atoms with E-state index in [-0.39, 0.29) is 85.0 Å². The molecule has 2 N–H and O–H groups in total. The van der Waals surface area contributed by atoms with Gasteiger partial charge in [0.2, 0.25) is 5.43 Å². The number of hydrogen-bond acceptors (Lipinski definition) is 15. The molecule has 340 valence electrons. The van der Waals surface area contributed by atoms with E-state index in [1.54, 1.807) is 38.1 Å². The van der Waals surface area contributed by atoms with Gasteiger partial charge in [0.25, 0.3) is 11.7 Å². The number of fused-ring (bicyclic) bond motifs is 8. The molecule has 16 heteroatoms. The lowest BCUT2D eigenvalue weighted by atomic mass is 9.85. The maximum Gasteiger partial charge on any atom is 0.312 e. The van der Waals surface area contributed by atoms with Crippen molar-refractivity contribution in [2.24, 2.45) is 17.8 Å². The van der Waals surface area contributed by atoms with Crippen LogP contribution in [0, 0.1) is 24.7 Å². The number of esters is 1. The van der Waals surface area contributed by atoms with E-state index in [1.807, 2.05) is 13.0 Å². The molecular weight excluding hydrogens is 827 g/mol. The highest BCUT2D eigenvalue weighted by Crippen LogP contribution is 2.52. The molecule has 1 saturated heterocycles. The summed E-state index contributed by atoms with van der Waals surface area (Å²) in [5.41, 5.74) is -0.524. The lowest BCUT2D eigenvalue weighted by Gasteiger charge is -2.36. The van der Waals surface area contributed by atoms with Crippen molar-refractivity contribution in [1.82, 2.24) is 9.88 Å². The Kier molecular flexibility index (Phi) is 12.5. The van der Waals surface area contributed by atoms with Crippen molar-refractivity contribution in [3.05, 3.63) is 69.6 Å². The second-order valence-electron chi connectivity index (χ2n) is 17.5. The Morgan fingerprint density at radius 1 is 1.05 bits per heavy atom. The number of Topliss-reactive ketones (excluding diaryl/α,β-unsaturated/α-hetero) is 1. The minimum atomic E-state index is -1.94. The molecule has 0 aromatic heterocycles. The summed E-state index contributed by atoms with van der Waals surface area (Å²) in [6.45, 7) is 15.8.